The molecular formula is C23H25N3O3. The highest BCUT2D eigenvalue weighted by Crippen LogP contribution is 2.31. The van der Waals surface area contributed by atoms with Crippen molar-refractivity contribution < 1.29 is 14.8 Å². The summed E-state index contributed by atoms with van der Waals surface area (Å²) in [6, 6.07) is 17.8. The molecule has 6 heteroatoms. The van der Waals surface area contributed by atoms with E-state index in [-0.39, 0.29) is 11.8 Å². The number of rotatable bonds is 6. The van der Waals surface area contributed by atoms with E-state index in [1.807, 2.05) is 41.3 Å². The predicted octanol–water partition coefficient (Wildman–Crippen LogP) is 3.52. The molecule has 0 atom stereocenters. The first-order chi connectivity index (χ1) is 14.2. The van der Waals surface area contributed by atoms with E-state index in [4.69, 9.17) is 5.21 Å². The van der Waals surface area contributed by atoms with Crippen LogP contribution in [0, 0.1) is 0 Å². The van der Waals surface area contributed by atoms with Crippen LogP contribution in [0.3, 0.4) is 0 Å². The van der Waals surface area contributed by atoms with Crippen molar-refractivity contribution in [1.29, 1.82) is 0 Å². The van der Waals surface area contributed by atoms with E-state index in [9.17, 15) is 9.59 Å². The van der Waals surface area contributed by atoms with Crippen molar-refractivity contribution >= 4 is 22.7 Å². The molecule has 6 nitrogen and oxygen atoms in total. The minimum absolute atomic E-state index is 0.0627. The van der Waals surface area contributed by atoms with E-state index in [0.717, 1.165) is 19.4 Å². The number of fused-ring (bicyclic) bond motifs is 3. The second-order valence-electron chi connectivity index (χ2n) is 7.43. The summed E-state index contributed by atoms with van der Waals surface area (Å²) in [5.74, 6) is -0.295. The number of carbonyl (C=O) groups excluding carboxylic acids is 2. The first kappa shape index (κ1) is 19.2. The average Bonchev–Trinajstić information content (AvgIpc) is 3.09. The summed E-state index contributed by atoms with van der Waals surface area (Å²) in [7, 11) is 0. The lowest BCUT2D eigenvalue weighted by molar-refractivity contribution is -0.129. The Kier molecular flexibility index (Phi) is 5.62. The Balaban J connectivity index is 1.58. The number of nitrogens with zero attached hydrogens (tertiary/aromatic N) is 2. The van der Waals surface area contributed by atoms with E-state index in [0.29, 0.717) is 31.5 Å². The summed E-state index contributed by atoms with van der Waals surface area (Å²) in [4.78, 5) is 26.1. The van der Waals surface area contributed by atoms with Crippen LogP contribution in [-0.2, 0) is 24.3 Å². The molecule has 4 rings (SSSR count). The maximum atomic E-state index is 13.0. The number of aromatic nitrogens is 1. The predicted molar refractivity (Wildman–Crippen MR) is 111 cm³/mol. The molecule has 2 amide bonds. The van der Waals surface area contributed by atoms with Crippen LogP contribution in [0.1, 0.15) is 40.9 Å². The molecule has 1 aromatic heterocycles. The topological polar surface area (TPSA) is 74.6 Å². The number of hydrogen-bond donors (Lipinski definition) is 2. The number of aryl methyl sites for hydroxylation is 1. The van der Waals surface area contributed by atoms with Gasteiger partial charge in [-0.25, -0.2) is 5.48 Å². The molecule has 0 saturated heterocycles. The Hall–Kier alpha value is -3.12. The van der Waals surface area contributed by atoms with Crippen molar-refractivity contribution in [2.24, 2.45) is 0 Å². The van der Waals surface area contributed by atoms with E-state index in [1.54, 1.807) is 5.48 Å². The number of carbonyl (C=O) groups is 2. The normalized spacial score (nSPS) is 13.3. The molecule has 1 aliphatic rings. The molecule has 0 radical (unpaired) electrons. The molecule has 0 bridgehead atoms. The lowest BCUT2D eigenvalue weighted by Crippen LogP contribution is -2.36. The molecule has 0 fully saturated rings. The van der Waals surface area contributed by atoms with Crippen molar-refractivity contribution in [3.8, 4) is 0 Å². The van der Waals surface area contributed by atoms with E-state index >= 15 is 0 Å². The molecule has 0 saturated carbocycles. The van der Waals surface area contributed by atoms with E-state index in [2.05, 4.69) is 22.8 Å². The second-order valence-corrected chi connectivity index (χ2v) is 7.43. The molecule has 0 spiro atoms. The summed E-state index contributed by atoms with van der Waals surface area (Å²) < 4.78 is 2.30. The van der Waals surface area contributed by atoms with Crippen molar-refractivity contribution in [1.82, 2.24) is 14.9 Å². The number of nitrogens with one attached hydrogen (secondary N) is 1. The highest BCUT2D eigenvalue weighted by molar-refractivity contribution is 5.95. The van der Waals surface area contributed by atoms with Crippen LogP contribution in [0.4, 0.5) is 0 Å². The fraction of sp³-hybridized carbons (Fsp3) is 0.304. The van der Waals surface area contributed by atoms with Crippen LogP contribution in [-0.4, -0.2) is 33.0 Å². The zero-order valence-corrected chi connectivity index (χ0v) is 16.3. The Morgan fingerprint density at radius 2 is 1.76 bits per heavy atom. The smallest absolute Gasteiger partial charge is 0.254 e. The van der Waals surface area contributed by atoms with Gasteiger partial charge in [-0.2, -0.15) is 0 Å². The van der Waals surface area contributed by atoms with Crippen LogP contribution in [0.2, 0.25) is 0 Å². The van der Waals surface area contributed by atoms with Crippen molar-refractivity contribution in [3.05, 3.63) is 71.4 Å². The molecule has 1 aliphatic heterocycles. The van der Waals surface area contributed by atoms with E-state index < -0.39 is 0 Å². The summed E-state index contributed by atoms with van der Waals surface area (Å²) in [5, 5.41) is 9.90. The molecule has 29 heavy (non-hydrogen) atoms. The Labute approximate surface area is 169 Å². The van der Waals surface area contributed by atoms with Gasteiger partial charge < -0.3 is 9.47 Å². The first-order valence-corrected chi connectivity index (χ1v) is 10.1. The van der Waals surface area contributed by atoms with Gasteiger partial charge in [0.1, 0.15) is 0 Å². The molecule has 0 unspecified atom stereocenters. The van der Waals surface area contributed by atoms with Crippen LogP contribution in [0.25, 0.3) is 10.9 Å². The number of para-hydroxylation sites is 1. The van der Waals surface area contributed by atoms with Crippen molar-refractivity contribution in [2.45, 2.75) is 38.8 Å². The van der Waals surface area contributed by atoms with Gasteiger partial charge in [-0.05, 0) is 43.0 Å². The molecule has 2 N–H and O–H groups in total. The highest BCUT2D eigenvalue weighted by Gasteiger charge is 2.26. The van der Waals surface area contributed by atoms with Crippen LogP contribution in [0.5, 0.6) is 0 Å². The fourth-order valence-corrected chi connectivity index (χ4v) is 4.20. The van der Waals surface area contributed by atoms with Gasteiger partial charge >= 0.3 is 0 Å². The quantitative estimate of drug-likeness (QED) is 0.384. The number of benzene rings is 2. The number of hydroxylamine groups is 1. The second kappa shape index (κ2) is 8.49. The van der Waals surface area contributed by atoms with Gasteiger partial charge in [-0.1, -0.05) is 36.4 Å². The summed E-state index contributed by atoms with van der Waals surface area (Å²) in [6.07, 6.45) is 2.66. The maximum absolute atomic E-state index is 13.0. The van der Waals surface area contributed by atoms with Gasteiger partial charge in [0.15, 0.2) is 0 Å². The lowest BCUT2D eigenvalue weighted by atomic mass is 10.0. The Morgan fingerprint density at radius 1 is 1.00 bits per heavy atom. The minimum atomic E-state index is -0.357. The van der Waals surface area contributed by atoms with Gasteiger partial charge in [0, 0.05) is 41.7 Å². The zero-order chi connectivity index (χ0) is 20.2. The van der Waals surface area contributed by atoms with Gasteiger partial charge in [0.25, 0.3) is 5.91 Å². The summed E-state index contributed by atoms with van der Waals surface area (Å²) in [6.45, 7) is 2.09. The average molecular weight is 391 g/mol. The monoisotopic (exact) mass is 391 g/mol. The SMILES string of the molecule is O=C(CCCCn1c2c(c3ccccc31)CCN(C(=O)c1ccccc1)C2)NO. The van der Waals surface area contributed by atoms with E-state index in [1.165, 1.54) is 22.2 Å². The van der Waals surface area contributed by atoms with Crippen LogP contribution >= 0.6 is 0 Å². The molecule has 2 aromatic carbocycles. The third-order valence-electron chi connectivity index (χ3n) is 5.63. The number of unbranched alkanes of at least 4 members (excludes halogenated alkanes) is 1. The van der Waals surface area contributed by atoms with Crippen LogP contribution in [0.15, 0.2) is 54.6 Å². The zero-order valence-electron chi connectivity index (χ0n) is 16.3. The maximum Gasteiger partial charge on any atom is 0.254 e. The molecule has 0 aliphatic carbocycles. The standard InChI is InChI=1S/C23H25N3O3/c27-22(24-29)12-6-7-14-26-20-11-5-4-10-18(20)19-13-15-25(16-21(19)26)23(28)17-8-2-1-3-9-17/h1-5,8-11,29H,6-7,12-16H2,(H,24,27). The Morgan fingerprint density at radius 3 is 2.55 bits per heavy atom. The van der Waals surface area contributed by atoms with Crippen LogP contribution < -0.4 is 5.48 Å². The third kappa shape index (κ3) is 3.89. The number of amides is 2. The first-order valence-electron chi connectivity index (χ1n) is 10.1. The largest absolute Gasteiger partial charge is 0.343 e. The summed E-state index contributed by atoms with van der Waals surface area (Å²) in [5.41, 5.74) is 6.09. The van der Waals surface area contributed by atoms with Gasteiger partial charge in [-0.15, -0.1) is 0 Å². The summed E-state index contributed by atoms with van der Waals surface area (Å²) >= 11 is 0. The van der Waals surface area contributed by atoms with Gasteiger partial charge in [0.2, 0.25) is 5.91 Å². The number of hydrogen-bond acceptors (Lipinski definition) is 3. The van der Waals surface area contributed by atoms with Gasteiger partial charge in [0.05, 0.1) is 6.54 Å². The lowest BCUT2D eigenvalue weighted by Gasteiger charge is -2.29. The van der Waals surface area contributed by atoms with Gasteiger partial charge in [-0.3, -0.25) is 14.8 Å². The highest BCUT2D eigenvalue weighted by atomic mass is 16.5. The fourth-order valence-electron chi connectivity index (χ4n) is 4.20. The van der Waals surface area contributed by atoms with Crippen molar-refractivity contribution in [3.63, 3.8) is 0 Å². The molecule has 3 aromatic rings. The molecular weight excluding hydrogens is 366 g/mol. The third-order valence-corrected chi connectivity index (χ3v) is 5.63. The van der Waals surface area contributed by atoms with Crippen molar-refractivity contribution in [2.75, 3.05) is 6.54 Å². The molecule has 150 valence electrons. The Bertz CT molecular complexity index is 1030. The minimum Gasteiger partial charge on any atom is -0.343 e. The molecule has 2 heterocycles.